The van der Waals surface area contributed by atoms with E-state index in [-0.39, 0.29) is 12.1 Å². The minimum Gasteiger partial charge on any atom is -0.309 e. The van der Waals surface area contributed by atoms with E-state index in [1.807, 2.05) is 51.1 Å². The number of benzene rings is 1. The van der Waals surface area contributed by atoms with Crippen LogP contribution in [0.4, 0.5) is 13.2 Å². The van der Waals surface area contributed by atoms with E-state index in [0.29, 0.717) is 13.0 Å². The van der Waals surface area contributed by atoms with Crippen LogP contribution in [-0.4, -0.2) is 36.8 Å². The van der Waals surface area contributed by atoms with E-state index < -0.39 is 12.7 Å². The maximum absolute atomic E-state index is 12.8. The van der Waals surface area contributed by atoms with Crippen molar-refractivity contribution in [1.82, 2.24) is 10.2 Å². The van der Waals surface area contributed by atoms with Gasteiger partial charge >= 0.3 is 6.18 Å². The van der Waals surface area contributed by atoms with E-state index in [2.05, 4.69) is 5.32 Å². The fraction of sp³-hybridized carbons (Fsp3) is 0.625. The molecule has 0 radical (unpaired) electrons. The summed E-state index contributed by atoms with van der Waals surface area (Å²) in [4.78, 5) is 1.51. The first-order chi connectivity index (χ1) is 9.89. The Morgan fingerprint density at radius 2 is 1.76 bits per heavy atom. The van der Waals surface area contributed by atoms with Crippen molar-refractivity contribution in [2.45, 2.75) is 45.5 Å². The van der Waals surface area contributed by atoms with Gasteiger partial charge in [-0.25, -0.2) is 0 Å². The summed E-state index contributed by atoms with van der Waals surface area (Å²) in [6.07, 6.45) is -3.47. The Balaban J connectivity index is 2.93. The third-order valence-corrected chi connectivity index (χ3v) is 3.53. The summed E-state index contributed by atoms with van der Waals surface area (Å²) in [6.45, 7) is 6.03. The van der Waals surface area contributed by atoms with Crippen molar-refractivity contribution in [2.24, 2.45) is 0 Å². The van der Waals surface area contributed by atoms with Gasteiger partial charge in [-0.15, -0.1) is 0 Å². The fourth-order valence-corrected chi connectivity index (χ4v) is 2.60. The maximum Gasteiger partial charge on any atom is 0.401 e. The Morgan fingerprint density at radius 1 is 1.14 bits per heavy atom. The molecule has 21 heavy (non-hydrogen) atoms. The van der Waals surface area contributed by atoms with Crippen LogP contribution in [-0.2, 0) is 0 Å². The number of nitrogens with zero attached hydrogens (tertiary/aromatic N) is 1. The summed E-state index contributed by atoms with van der Waals surface area (Å²) >= 11 is 0. The molecule has 2 unspecified atom stereocenters. The summed E-state index contributed by atoms with van der Waals surface area (Å²) in [5.41, 5.74) is 1.02. The Morgan fingerprint density at radius 3 is 2.24 bits per heavy atom. The van der Waals surface area contributed by atoms with Crippen molar-refractivity contribution in [2.75, 3.05) is 19.6 Å². The molecule has 0 saturated carbocycles. The van der Waals surface area contributed by atoms with E-state index in [1.165, 1.54) is 4.90 Å². The molecule has 2 nitrogen and oxygen atoms in total. The SMILES string of the molecule is CCCN(CC(F)(F)F)C(C)C(NCC)c1ccccc1. The quantitative estimate of drug-likeness (QED) is 0.781. The Labute approximate surface area is 125 Å². The zero-order valence-electron chi connectivity index (χ0n) is 13.0. The van der Waals surface area contributed by atoms with Gasteiger partial charge in [-0.1, -0.05) is 44.2 Å². The summed E-state index contributed by atoms with van der Waals surface area (Å²) in [5, 5.41) is 3.31. The second-order valence-corrected chi connectivity index (χ2v) is 5.27. The minimum absolute atomic E-state index is 0.106. The van der Waals surface area contributed by atoms with Gasteiger partial charge in [0.1, 0.15) is 0 Å². The molecule has 1 aromatic rings. The van der Waals surface area contributed by atoms with Gasteiger partial charge < -0.3 is 5.32 Å². The first-order valence-electron chi connectivity index (χ1n) is 7.48. The molecular weight excluding hydrogens is 277 g/mol. The number of alkyl halides is 3. The monoisotopic (exact) mass is 302 g/mol. The summed E-state index contributed by atoms with van der Waals surface area (Å²) < 4.78 is 38.3. The van der Waals surface area contributed by atoms with Gasteiger partial charge in [0.05, 0.1) is 6.54 Å². The summed E-state index contributed by atoms with van der Waals surface area (Å²) in [5.74, 6) is 0. The molecule has 0 aliphatic rings. The Kier molecular flexibility index (Phi) is 7.18. The van der Waals surface area contributed by atoms with E-state index in [1.54, 1.807) is 0 Å². The zero-order valence-corrected chi connectivity index (χ0v) is 13.0. The van der Waals surface area contributed by atoms with Crippen LogP contribution in [0, 0.1) is 0 Å². The van der Waals surface area contributed by atoms with Crippen LogP contribution >= 0.6 is 0 Å². The van der Waals surface area contributed by atoms with Crippen molar-refractivity contribution in [1.29, 1.82) is 0 Å². The molecule has 0 saturated heterocycles. The number of halogens is 3. The average Bonchev–Trinajstić information content (AvgIpc) is 2.43. The molecule has 1 rings (SSSR count). The fourth-order valence-electron chi connectivity index (χ4n) is 2.60. The molecule has 2 atom stereocenters. The second-order valence-electron chi connectivity index (χ2n) is 5.27. The predicted octanol–water partition coefficient (Wildman–Crippen LogP) is 4.00. The van der Waals surface area contributed by atoms with E-state index in [4.69, 9.17) is 0 Å². The van der Waals surface area contributed by atoms with Gasteiger partial charge in [-0.05, 0) is 32.0 Å². The normalized spacial score (nSPS) is 15.2. The van der Waals surface area contributed by atoms with Crippen molar-refractivity contribution >= 4 is 0 Å². The number of hydrogen-bond donors (Lipinski definition) is 1. The highest BCUT2D eigenvalue weighted by Gasteiger charge is 2.34. The van der Waals surface area contributed by atoms with Crippen molar-refractivity contribution < 1.29 is 13.2 Å². The molecule has 1 N–H and O–H groups in total. The van der Waals surface area contributed by atoms with Gasteiger partial charge in [0, 0.05) is 12.1 Å². The number of hydrogen-bond acceptors (Lipinski definition) is 2. The molecule has 1 aromatic carbocycles. The van der Waals surface area contributed by atoms with Gasteiger partial charge in [-0.2, -0.15) is 13.2 Å². The smallest absolute Gasteiger partial charge is 0.309 e. The highest BCUT2D eigenvalue weighted by molar-refractivity contribution is 5.20. The highest BCUT2D eigenvalue weighted by Crippen LogP contribution is 2.25. The van der Waals surface area contributed by atoms with E-state index in [9.17, 15) is 13.2 Å². The van der Waals surface area contributed by atoms with Crippen LogP contribution in [0.25, 0.3) is 0 Å². The van der Waals surface area contributed by atoms with Gasteiger partial charge in [0.2, 0.25) is 0 Å². The largest absolute Gasteiger partial charge is 0.401 e. The molecule has 5 heteroatoms. The standard InChI is InChI=1S/C16H25F3N2/c1-4-11-21(12-16(17,18)19)13(3)15(20-5-2)14-9-7-6-8-10-14/h6-10,13,15,20H,4-5,11-12H2,1-3H3. The Hall–Kier alpha value is -1.07. The van der Waals surface area contributed by atoms with Crippen LogP contribution in [0.15, 0.2) is 30.3 Å². The molecule has 0 aromatic heterocycles. The lowest BCUT2D eigenvalue weighted by Gasteiger charge is -2.35. The molecule has 0 bridgehead atoms. The molecule has 0 spiro atoms. The molecule has 0 fully saturated rings. The van der Waals surface area contributed by atoms with E-state index in [0.717, 1.165) is 12.1 Å². The lowest BCUT2D eigenvalue weighted by Crippen LogP contribution is -2.47. The molecule has 0 heterocycles. The molecule has 0 amide bonds. The van der Waals surface area contributed by atoms with Gasteiger partial charge in [0.15, 0.2) is 0 Å². The number of rotatable bonds is 8. The van der Waals surface area contributed by atoms with Crippen LogP contribution < -0.4 is 5.32 Å². The third kappa shape index (κ3) is 6.06. The second kappa shape index (κ2) is 8.39. The van der Waals surface area contributed by atoms with E-state index >= 15 is 0 Å². The first-order valence-corrected chi connectivity index (χ1v) is 7.48. The minimum atomic E-state index is -4.17. The molecule has 0 aliphatic heterocycles. The molecule has 0 aliphatic carbocycles. The van der Waals surface area contributed by atoms with Crippen LogP contribution in [0.1, 0.15) is 38.8 Å². The first kappa shape index (κ1) is 18.0. The number of nitrogens with one attached hydrogen (secondary N) is 1. The zero-order chi connectivity index (χ0) is 15.9. The maximum atomic E-state index is 12.8. The third-order valence-electron chi connectivity index (χ3n) is 3.53. The Bertz CT molecular complexity index is 392. The van der Waals surface area contributed by atoms with Gasteiger partial charge in [-0.3, -0.25) is 4.90 Å². The van der Waals surface area contributed by atoms with Crippen LogP contribution in [0.3, 0.4) is 0 Å². The topological polar surface area (TPSA) is 15.3 Å². The van der Waals surface area contributed by atoms with Crippen LogP contribution in [0.5, 0.6) is 0 Å². The lowest BCUT2D eigenvalue weighted by molar-refractivity contribution is -0.151. The van der Waals surface area contributed by atoms with Crippen molar-refractivity contribution in [3.8, 4) is 0 Å². The lowest BCUT2D eigenvalue weighted by atomic mass is 9.98. The van der Waals surface area contributed by atoms with Crippen LogP contribution in [0.2, 0.25) is 0 Å². The van der Waals surface area contributed by atoms with Crippen molar-refractivity contribution in [3.63, 3.8) is 0 Å². The number of likely N-dealkylation sites (N-methyl/N-ethyl adjacent to an activating group) is 1. The average molecular weight is 302 g/mol. The highest BCUT2D eigenvalue weighted by atomic mass is 19.4. The molecule has 120 valence electrons. The van der Waals surface area contributed by atoms with Crippen molar-refractivity contribution in [3.05, 3.63) is 35.9 Å². The summed E-state index contributed by atoms with van der Waals surface area (Å²) in [7, 11) is 0. The molecular formula is C16H25F3N2. The van der Waals surface area contributed by atoms with Gasteiger partial charge in [0.25, 0.3) is 0 Å². The summed E-state index contributed by atoms with van der Waals surface area (Å²) in [6, 6.07) is 9.33. The predicted molar refractivity (Wildman–Crippen MR) is 80.2 cm³/mol.